The molecule has 0 aromatic carbocycles. The molecule has 0 spiro atoms. The second kappa shape index (κ2) is 6.51. The van der Waals surface area contributed by atoms with Crippen molar-refractivity contribution in [2.75, 3.05) is 13.2 Å². The minimum absolute atomic E-state index is 0.239. The van der Waals surface area contributed by atoms with Crippen molar-refractivity contribution in [1.29, 1.82) is 0 Å². The van der Waals surface area contributed by atoms with E-state index in [0.29, 0.717) is 19.4 Å². The molecule has 0 amide bonds. The molecule has 68 valence electrons. The van der Waals surface area contributed by atoms with Gasteiger partial charge in [-0.3, -0.25) is 0 Å². The van der Waals surface area contributed by atoms with Crippen molar-refractivity contribution in [2.45, 2.75) is 25.0 Å². The second-order valence-electron chi connectivity index (χ2n) is 2.37. The van der Waals surface area contributed by atoms with Crippen LogP contribution in [0.5, 0.6) is 0 Å². The van der Waals surface area contributed by atoms with E-state index in [1.165, 1.54) is 0 Å². The topological polar surface area (TPSA) is 102 Å². The molecule has 2 atom stereocenters. The molecule has 0 heterocycles. The van der Waals surface area contributed by atoms with Gasteiger partial charge in [-0.2, -0.15) is 0 Å². The zero-order chi connectivity index (χ0) is 8.69. The van der Waals surface area contributed by atoms with Crippen LogP contribution in [0.1, 0.15) is 12.8 Å². The molecule has 5 nitrogen and oxygen atoms in total. The van der Waals surface area contributed by atoms with Crippen molar-refractivity contribution in [2.24, 2.45) is 11.6 Å². The quantitative estimate of drug-likeness (QED) is 0.352. The van der Waals surface area contributed by atoms with Crippen LogP contribution in [0.15, 0.2) is 0 Å². The van der Waals surface area contributed by atoms with Crippen LogP contribution in [0.2, 0.25) is 0 Å². The predicted octanol–water partition coefficient (Wildman–Crippen LogP) is -1.66. The van der Waals surface area contributed by atoms with Crippen LogP contribution in [-0.2, 0) is 4.84 Å². The highest BCUT2D eigenvalue weighted by molar-refractivity contribution is 4.66. The Labute approximate surface area is 65.9 Å². The van der Waals surface area contributed by atoms with E-state index >= 15 is 0 Å². The molecule has 11 heavy (non-hydrogen) atoms. The molecule has 0 saturated carbocycles. The molecular weight excluding hydrogens is 148 g/mol. The first kappa shape index (κ1) is 10.8. The van der Waals surface area contributed by atoms with Crippen LogP contribution in [-0.4, -0.2) is 35.6 Å². The Balaban J connectivity index is 3.38. The lowest BCUT2D eigenvalue weighted by Gasteiger charge is -2.15. The first-order valence-corrected chi connectivity index (χ1v) is 3.60. The summed E-state index contributed by atoms with van der Waals surface area (Å²) in [4.78, 5) is 4.24. The van der Waals surface area contributed by atoms with Crippen LogP contribution in [0, 0.1) is 0 Å². The van der Waals surface area contributed by atoms with E-state index in [9.17, 15) is 0 Å². The van der Waals surface area contributed by atoms with E-state index in [1.807, 2.05) is 0 Å². The van der Waals surface area contributed by atoms with Gasteiger partial charge in [0.2, 0.25) is 0 Å². The van der Waals surface area contributed by atoms with Crippen molar-refractivity contribution in [3.8, 4) is 0 Å². The highest BCUT2D eigenvalue weighted by Gasteiger charge is 2.14. The summed E-state index contributed by atoms with van der Waals surface area (Å²) in [6.07, 6.45) is -0.833. The maximum Gasteiger partial charge on any atom is 0.0822 e. The third-order valence-electron chi connectivity index (χ3n) is 1.44. The first-order valence-electron chi connectivity index (χ1n) is 3.60. The maximum absolute atomic E-state index is 9.14. The third-order valence-corrected chi connectivity index (χ3v) is 1.44. The number of nitrogens with two attached hydrogens (primary N) is 2. The monoisotopic (exact) mass is 164 g/mol. The molecule has 0 radical (unpaired) electrons. The van der Waals surface area contributed by atoms with Gasteiger partial charge < -0.3 is 20.8 Å². The number of aliphatic hydroxyl groups is 2. The van der Waals surface area contributed by atoms with Crippen molar-refractivity contribution >= 4 is 0 Å². The van der Waals surface area contributed by atoms with E-state index in [4.69, 9.17) is 21.8 Å². The number of hydrogen-bond donors (Lipinski definition) is 4. The largest absolute Gasteiger partial charge is 0.390 e. The van der Waals surface area contributed by atoms with Crippen molar-refractivity contribution < 1.29 is 15.1 Å². The van der Waals surface area contributed by atoms with Crippen molar-refractivity contribution in [1.82, 2.24) is 0 Å². The van der Waals surface area contributed by atoms with Gasteiger partial charge in [-0.1, -0.05) is 0 Å². The summed E-state index contributed by atoms with van der Waals surface area (Å²) in [5, 5.41) is 18.3. The second-order valence-corrected chi connectivity index (χ2v) is 2.37. The Hall–Kier alpha value is -0.200. The fraction of sp³-hybridized carbons (Fsp3) is 1.00. The minimum atomic E-state index is -0.790. The first-order chi connectivity index (χ1) is 5.22. The van der Waals surface area contributed by atoms with Gasteiger partial charge in [-0.15, -0.1) is 0 Å². The molecular formula is C6H16N2O3. The zero-order valence-electron chi connectivity index (χ0n) is 6.44. The molecule has 5 heteroatoms. The van der Waals surface area contributed by atoms with Gasteiger partial charge in [0.15, 0.2) is 0 Å². The fourth-order valence-corrected chi connectivity index (χ4v) is 0.744. The van der Waals surface area contributed by atoms with Crippen LogP contribution in [0.3, 0.4) is 0 Å². The normalized spacial score (nSPS) is 16.4. The van der Waals surface area contributed by atoms with Gasteiger partial charge in [-0.05, 0) is 13.0 Å². The molecule has 0 rings (SSSR count). The summed E-state index contributed by atoms with van der Waals surface area (Å²) < 4.78 is 0. The zero-order valence-corrected chi connectivity index (χ0v) is 6.44. The fourth-order valence-electron chi connectivity index (χ4n) is 0.744. The van der Waals surface area contributed by atoms with E-state index < -0.39 is 12.2 Å². The van der Waals surface area contributed by atoms with Crippen molar-refractivity contribution in [3.63, 3.8) is 0 Å². The average molecular weight is 164 g/mol. The Kier molecular flexibility index (Phi) is 6.39. The SMILES string of the molecule is NCCC(O)C(O)CCON. The van der Waals surface area contributed by atoms with E-state index in [0.717, 1.165) is 0 Å². The molecule has 0 bridgehead atoms. The Morgan fingerprint density at radius 3 is 2.18 bits per heavy atom. The van der Waals surface area contributed by atoms with Gasteiger partial charge in [0.25, 0.3) is 0 Å². The van der Waals surface area contributed by atoms with Gasteiger partial charge in [0, 0.05) is 6.42 Å². The maximum atomic E-state index is 9.14. The van der Waals surface area contributed by atoms with Crippen molar-refractivity contribution in [3.05, 3.63) is 0 Å². The summed E-state index contributed by atoms with van der Waals surface area (Å²) in [6.45, 7) is 0.602. The number of rotatable bonds is 6. The summed E-state index contributed by atoms with van der Waals surface area (Å²) >= 11 is 0. The molecule has 0 aromatic heterocycles. The smallest absolute Gasteiger partial charge is 0.0822 e. The van der Waals surface area contributed by atoms with E-state index in [1.54, 1.807) is 0 Å². The molecule has 0 aliphatic heterocycles. The Morgan fingerprint density at radius 2 is 1.73 bits per heavy atom. The molecule has 0 saturated heterocycles. The summed E-state index contributed by atoms with van der Waals surface area (Å²) in [6, 6.07) is 0. The van der Waals surface area contributed by atoms with E-state index in [2.05, 4.69) is 4.84 Å². The summed E-state index contributed by atoms with van der Waals surface area (Å²) in [5.74, 6) is 4.73. The molecule has 0 aliphatic rings. The lowest BCUT2D eigenvalue weighted by Crippen LogP contribution is -2.29. The lowest BCUT2D eigenvalue weighted by molar-refractivity contribution is -0.00720. The third kappa shape index (κ3) is 5.11. The molecule has 0 fully saturated rings. The standard InChI is InChI=1S/C6H16N2O3/c7-3-1-5(9)6(10)2-4-11-8/h5-6,9-10H,1-4,7-8H2. The Bertz CT molecular complexity index is 91.9. The molecule has 0 aliphatic carbocycles. The summed E-state index contributed by atoms with van der Waals surface area (Å²) in [5.41, 5.74) is 5.17. The highest BCUT2D eigenvalue weighted by atomic mass is 16.6. The van der Waals surface area contributed by atoms with Crippen LogP contribution < -0.4 is 11.6 Å². The molecule has 0 aromatic rings. The predicted molar refractivity (Wildman–Crippen MR) is 40.4 cm³/mol. The summed E-state index contributed by atoms with van der Waals surface area (Å²) in [7, 11) is 0. The van der Waals surface area contributed by atoms with Crippen LogP contribution >= 0.6 is 0 Å². The highest BCUT2D eigenvalue weighted by Crippen LogP contribution is 2.01. The van der Waals surface area contributed by atoms with Gasteiger partial charge in [-0.25, -0.2) is 5.90 Å². The van der Waals surface area contributed by atoms with Gasteiger partial charge in [0.1, 0.15) is 0 Å². The lowest BCUT2D eigenvalue weighted by atomic mass is 10.1. The van der Waals surface area contributed by atoms with Gasteiger partial charge >= 0.3 is 0 Å². The molecule has 6 N–H and O–H groups in total. The molecule has 2 unspecified atom stereocenters. The Morgan fingerprint density at radius 1 is 1.18 bits per heavy atom. The minimum Gasteiger partial charge on any atom is -0.390 e. The van der Waals surface area contributed by atoms with Gasteiger partial charge in [0.05, 0.1) is 18.8 Å². The number of hydrogen-bond acceptors (Lipinski definition) is 5. The van der Waals surface area contributed by atoms with Crippen LogP contribution in [0.4, 0.5) is 0 Å². The van der Waals surface area contributed by atoms with Crippen LogP contribution in [0.25, 0.3) is 0 Å². The number of aliphatic hydroxyl groups excluding tert-OH is 2. The van der Waals surface area contributed by atoms with E-state index in [-0.39, 0.29) is 6.61 Å². The average Bonchev–Trinajstić information content (AvgIpc) is 2.00.